The Labute approximate surface area is 192 Å². The number of rotatable bonds is 10. The zero-order valence-corrected chi connectivity index (χ0v) is 19.5. The first-order chi connectivity index (χ1) is 15.4. The van der Waals surface area contributed by atoms with Crippen LogP contribution < -0.4 is 4.13 Å². The fourth-order valence-corrected chi connectivity index (χ4v) is 6.33. The number of ether oxygens (including phenoxy) is 1. The number of alkyl halides is 9. The maximum atomic E-state index is 14.3. The van der Waals surface area contributed by atoms with E-state index < -0.39 is 99.1 Å². The molecule has 0 bridgehead atoms. The normalized spacial score (nSPS) is 18.5. The minimum atomic E-state index is -7.82. The molecule has 1 saturated heterocycles. The van der Waals surface area contributed by atoms with Crippen molar-refractivity contribution < 1.29 is 74.3 Å². The van der Waals surface area contributed by atoms with E-state index in [0.29, 0.717) is 0 Å². The Kier molecular flexibility index (Phi) is 8.84. The third-order valence-corrected chi connectivity index (χ3v) is 9.49. The van der Waals surface area contributed by atoms with Crippen LogP contribution in [0.3, 0.4) is 0 Å². The standard InChI is InChI=1S/C12H16F9N3O8S3/c1-2-32-8(25)7-23-3-5-24(6-4-23)35(30,31)11(17,18)9(13,14)10(15,16)33(26,27)22-34(28,29)12(19,20)21/h22H,2-7H2,1H3. The van der Waals surface area contributed by atoms with Crippen LogP contribution in [0.4, 0.5) is 39.5 Å². The average molecular weight is 597 g/mol. The first kappa shape index (κ1) is 31.6. The fourth-order valence-electron chi connectivity index (χ4n) is 2.42. The van der Waals surface area contributed by atoms with E-state index in [1.54, 1.807) is 0 Å². The summed E-state index contributed by atoms with van der Waals surface area (Å²) in [6.45, 7) is -2.39. The van der Waals surface area contributed by atoms with Crippen LogP contribution in [-0.4, -0.2) is 102 Å². The molecular formula is C12H16F9N3O8S3. The number of halogens is 9. The molecule has 1 aliphatic heterocycles. The summed E-state index contributed by atoms with van der Waals surface area (Å²) in [6.07, 6.45) is 0. The highest BCUT2D eigenvalue weighted by Gasteiger charge is 2.83. The summed E-state index contributed by atoms with van der Waals surface area (Å²) < 4.78 is 193. The summed E-state index contributed by atoms with van der Waals surface area (Å²) in [7, 11) is -22.0. The first-order valence-corrected chi connectivity index (χ1v) is 13.1. The lowest BCUT2D eigenvalue weighted by atomic mass is 10.3. The van der Waals surface area contributed by atoms with Crippen LogP contribution in [0, 0.1) is 0 Å². The van der Waals surface area contributed by atoms with Crippen molar-refractivity contribution in [2.24, 2.45) is 0 Å². The van der Waals surface area contributed by atoms with Crippen molar-refractivity contribution in [3.63, 3.8) is 0 Å². The molecule has 0 aliphatic carbocycles. The molecule has 1 aliphatic rings. The quantitative estimate of drug-likeness (QED) is 0.273. The second-order valence-corrected chi connectivity index (χ2v) is 12.3. The van der Waals surface area contributed by atoms with Gasteiger partial charge >= 0.3 is 37.9 Å². The molecule has 35 heavy (non-hydrogen) atoms. The average Bonchev–Trinajstić information content (AvgIpc) is 2.66. The lowest BCUT2D eigenvalue weighted by Gasteiger charge is -2.38. The predicted octanol–water partition coefficient (Wildman–Crippen LogP) is 0.0868. The van der Waals surface area contributed by atoms with Gasteiger partial charge in [-0.25, -0.2) is 25.3 Å². The summed E-state index contributed by atoms with van der Waals surface area (Å²) in [5.41, 5.74) is -6.65. The molecule has 1 heterocycles. The van der Waals surface area contributed by atoms with E-state index in [2.05, 4.69) is 4.74 Å². The molecule has 23 heteroatoms. The van der Waals surface area contributed by atoms with Crippen molar-refractivity contribution in [3.05, 3.63) is 0 Å². The molecule has 0 saturated carbocycles. The highest BCUT2D eigenvalue weighted by molar-refractivity contribution is 8.05. The fraction of sp³-hybridized carbons (Fsp3) is 0.917. The van der Waals surface area contributed by atoms with Crippen LogP contribution in [-0.2, 0) is 39.6 Å². The number of esters is 1. The highest BCUT2D eigenvalue weighted by atomic mass is 32.3. The number of nitrogens with one attached hydrogen (secondary N) is 1. The van der Waals surface area contributed by atoms with Gasteiger partial charge < -0.3 is 4.74 Å². The lowest BCUT2D eigenvalue weighted by Crippen LogP contribution is -2.66. The summed E-state index contributed by atoms with van der Waals surface area (Å²) >= 11 is 0. The molecule has 0 aromatic heterocycles. The van der Waals surface area contributed by atoms with E-state index in [1.807, 2.05) is 0 Å². The second-order valence-electron chi connectivity index (χ2n) is 6.63. The van der Waals surface area contributed by atoms with Gasteiger partial charge in [0.25, 0.3) is 20.0 Å². The third kappa shape index (κ3) is 5.78. The van der Waals surface area contributed by atoms with Gasteiger partial charge in [-0.2, -0.15) is 43.8 Å². The zero-order valence-electron chi connectivity index (χ0n) is 17.0. The van der Waals surface area contributed by atoms with Crippen molar-refractivity contribution in [2.75, 3.05) is 39.3 Å². The number of nitrogens with zero attached hydrogens (tertiary/aromatic N) is 2. The Hall–Kier alpha value is -1.43. The largest absolute Gasteiger partial charge is 0.512 e. The first-order valence-electron chi connectivity index (χ1n) is 8.74. The van der Waals surface area contributed by atoms with Gasteiger partial charge in [-0.05, 0) is 6.92 Å². The van der Waals surface area contributed by atoms with E-state index in [4.69, 9.17) is 0 Å². The molecule has 1 N–H and O–H groups in total. The zero-order chi connectivity index (χ0) is 27.9. The van der Waals surface area contributed by atoms with Crippen molar-refractivity contribution in [1.29, 1.82) is 0 Å². The molecule has 0 radical (unpaired) electrons. The molecule has 11 nitrogen and oxygen atoms in total. The molecule has 1 fully saturated rings. The highest BCUT2D eigenvalue weighted by Crippen LogP contribution is 2.51. The van der Waals surface area contributed by atoms with E-state index in [0.717, 1.165) is 4.90 Å². The number of sulfonamides is 3. The van der Waals surface area contributed by atoms with Gasteiger partial charge in [0.2, 0.25) is 0 Å². The van der Waals surface area contributed by atoms with Crippen molar-refractivity contribution in [3.8, 4) is 0 Å². The van der Waals surface area contributed by atoms with Gasteiger partial charge in [0.15, 0.2) is 0 Å². The van der Waals surface area contributed by atoms with Crippen LogP contribution in [0.2, 0.25) is 0 Å². The molecular weight excluding hydrogens is 581 g/mol. The van der Waals surface area contributed by atoms with Gasteiger partial charge in [-0.15, -0.1) is 0 Å². The molecule has 1 rings (SSSR count). The van der Waals surface area contributed by atoms with Crippen molar-refractivity contribution in [2.45, 2.75) is 28.9 Å². The van der Waals surface area contributed by atoms with E-state index in [-0.39, 0.29) is 6.61 Å². The second kappa shape index (κ2) is 9.79. The molecule has 0 amide bonds. The Morgan fingerprint density at radius 1 is 0.800 bits per heavy atom. The van der Waals surface area contributed by atoms with Crippen LogP contribution in [0.15, 0.2) is 0 Å². The maximum Gasteiger partial charge on any atom is 0.512 e. The van der Waals surface area contributed by atoms with Crippen LogP contribution in [0.5, 0.6) is 0 Å². The Morgan fingerprint density at radius 3 is 1.66 bits per heavy atom. The minimum absolute atomic E-state index is 0.0509. The number of piperazine rings is 1. The van der Waals surface area contributed by atoms with Crippen molar-refractivity contribution >= 4 is 36.0 Å². The topological polar surface area (TPSA) is 147 Å². The Balaban J connectivity index is 3.25. The minimum Gasteiger partial charge on any atom is -0.465 e. The number of hydrogen-bond acceptors (Lipinski definition) is 9. The summed E-state index contributed by atoms with van der Waals surface area (Å²) in [5.74, 6) is -8.31. The van der Waals surface area contributed by atoms with E-state index in [1.165, 1.54) is 6.92 Å². The monoisotopic (exact) mass is 597 g/mol. The van der Waals surface area contributed by atoms with Crippen LogP contribution >= 0.6 is 0 Å². The van der Waals surface area contributed by atoms with Gasteiger partial charge in [0.05, 0.1) is 13.2 Å². The molecule has 0 aromatic rings. The SMILES string of the molecule is CCOC(=O)CN1CCN(S(=O)(=O)C(F)(F)C(F)(F)C(F)(F)S(=O)(=O)NS(=O)(=O)C(F)(F)F)CC1. The molecule has 0 unspecified atom stereocenters. The van der Waals surface area contributed by atoms with E-state index in [9.17, 15) is 69.6 Å². The van der Waals surface area contributed by atoms with Crippen LogP contribution in [0.1, 0.15) is 6.92 Å². The smallest absolute Gasteiger partial charge is 0.465 e. The summed E-state index contributed by atoms with van der Waals surface area (Å²) in [5, 5.41) is -14.4. The van der Waals surface area contributed by atoms with Gasteiger partial charge in [0, 0.05) is 26.2 Å². The molecule has 0 spiro atoms. The van der Waals surface area contributed by atoms with Crippen LogP contribution in [0.25, 0.3) is 0 Å². The van der Waals surface area contributed by atoms with Crippen molar-refractivity contribution in [1.82, 2.24) is 13.3 Å². The van der Waals surface area contributed by atoms with E-state index >= 15 is 0 Å². The van der Waals surface area contributed by atoms with Gasteiger partial charge in [-0.3, -0.25) is 9.69 Å². The summed E-state index contributed by atoms with van der Waals surface area (Å²) in [6, 6.07) is 0. The predicted molar refractivity (Wildman–Crippen MR) is 95.4 cm³/mol. The number of carbonyl (C=O) groups is 1. The van der Waals surface area contributed by atoms with Gasteiger partial charge in [-0.1, -0.05) is 4.13 Å². The summed E-state index contributed by atoms with van der Waals surface area (Å²) in [4.78, 5) is 12.5. The number of carbonyl (C=O) groups excluding carboxylic acids is 1. The lowest BCUT2D eigenvalue weighted by molar-refractivity contribution is -0.245. The van der Waals surface area contributed by atoms with Gasteiger partial charge in [0.1, 0.15) is 0 Å². The molecule has 0 atom stereocenters. The number of hydrogen-bond donors (Lipinski definition) is 1. The Bertz CT molecular complexity index is 1120. The maximum absolute atomic E-state index is 14.3. The molecule has 208 valence electrons. The molecule has 0 aromatic carbocycles. The Morgan fingerprint density at radius 2 is 1.26 bits per heavy atom. The third-order valence-electron chi connectivity index (χ3n) is 4.25.